The molecular formula is C17H20O7. The molecule has 1 fully saturated rings. The predicted octanol–water partition coefficient (Wildman–Crippen LogP) is 0.778. The molecule has 1 aliphatic carbocycles. The summed E-state index contributed by atoms with van der Waals surface area (Å²) in [5, 5.41) is 20.1. The van der Waals surface area contributed by atoms with Crippen LogP contribution in [0.15, 0.2) is 24.3 Å². The van der Waals surface area contributed by atoms with Gasteiger partial charge in [0.05, 0.1) is 25.7 Å². The fraction of sp³-hybridized carbons (Fsp3) is 0.471. The van der Waals surface area contributed by atoms with Crippen LogP contribution in [-0.4, -0.2) is 47.8 Å². The van der Waals surface area contributed by atoms with Crippen molar-refractivity contribution in [2.45, 2.75) is 24.9 Å². The first kappa shape index (κ1) is 17.9. The number of carbonyl (C=O) groups excluding carboxylic acids is 3. The molecule has 0 unspecified atom stereocenters. The van der Waals surface area contributed by atoms with Crippen LogP contribution >= 0.6 is 0 Å². The van der Waals surface area contributed by atoms with Crippen LogP contribution < -0.4 is 0 Å². The topological polar surface area (TPSA) is 110 Å². The van der Waals surface area contributed by atoms with Crippen LogP contribution in [0.5, 0.6) is 5.75 Å². The van der Waals surface area contributed by atoms with Gasteiger partial charge < -0.3 is 19.7 Å². The normalized spacial score (nSPS) is 29.8. The molecular weight excluding hydrogens is 316 g/mol. The number of rotatable bonds is 3. The van der Waals surface area contributed by atoms with Gasteiger partial charge >= 0.3 is 11.9 Å². The van der Waals surface area contributed by atoms with Crippen LogP contribution in [0.2, 0.25) is 0 Å². The Morgan fingerprint density at radius 3 is 2.17 bits per heavy atom. The number of Topliss-reactive ketones (excluding diaryl/α,β-unsaturated/α-hetero) is 1. The van der Waals surface area contributed by atoms with Gasteiger partial charge in [-0.15, -0.1) is 0 Å². The third kappa shape index (κ3) is 3.12. The Morgan fingerprint density at radius 1 is 1.12 bits per heavy atom. The van der Waals surface area contributed by atoms with Crippen molar-refractivity contribution in [1.29, 1.82) is 0 Å². The van der Waals surface area contributed by atoms with Crippen molar-refractivity contribution in [3.8, 4) is 5.75 Å². The molecule has 1 saturated carbocycles. The molecule has 0 spiro atoms. The highest BCUT2D eigenvalue weighted by molar-refractivity contribution is 6.02. The molecule has 2 N–H and O–H groups in total. The van der Waals surface area contributed by atoms with E-state index in [4.69, 9.17) is 9.47 Å². The second-order valence-corrected chi connectivity index (χ2v) is 6.12. The number of phenolic OH excluding ortho intramolecular Hbond substituents is 1. The van der Waals surface area contributed by atoms with Crippen molar-refractivity contribution in [3.63, 3.8) is 0 Å². The minimum absolute atomic E-state index is 0.00289. The van der Waals surface area contributed by atoms with Crippen LogP contribution in [0, 0.1) is 11.8 Å². The third-order valence-electron chi connectivity index (χ3n) is 4.46. The van der Waals surface area contributed by atoms with Crippen molar-refractivity contribution < 1.29 is 34.1 Å². The van der Waals surface area contributed by atoms with E-state index in [9.17, 15) is 24.6 Å². The number of hydrogen-bond acceptors (Lipinski definition) is 7. The summed E-state index contributed by atoms with van der Waals surface area (Å²) in [7, 11) is 2.33. The van der Waals surface area contributed by atoms with Crippen molar-refractivity contribution in [2.24, 2.45) is 11.8 Å². The lowest BCUT2D eigenvalue weighted by atomic mass is 9.62. The van der Waals surface area contributed by atoms with E-state index < -0.39 is 41.1 Å². The second kappa shape index (κ2) is 6.60. The molecule has 130 valence electrons. The van der Waals surface area contributed by atoms with E-state index >= 15 is 0 Å². The average molecular weight is 336 g/mol. The number of ether oxygens (including phenoxy) is 2. The van der Waals surface area contributed by atoms with Crippen molar-refractivity contribution >= 4 is 17.7 Å². The molecule has 4 atom stereocenters. The summed E-state index contributed by atoms with van der Waals surface area (Å²) in [6.45, 7) is 1.37. The molecule has 0 aliphatic heterocycles. The lowest BCUT2D eigenvalue weighted by molar-refractivity contribution is -0.170. The highest BCUT2D eigenvalue weighted by Gasteiger charge is 2.56. The second-order valence-electron chi connectivity index (χ2n) is 6.12. The number of carbonyl (C=O) groups is 3. The van der Waals surface area contributed by atoms with Gasteiger partial charge in [-0.3, -0.25) is 14.4 Å². The Balaban J connectivity index is 2.63. The Morgan fingerprint density at radius 2 is 1.67 bits per heavy atom. The zero-order chi connectivity index (χ0) is 18.1. The molecule has 0 heterocycles. The number of aromatic hydroxyl groups is 1. The number of esters is 2. The zero-order valence-corrected chi connectivity index (χ0v) is 13.7. The number of hydrogen-bond donors (Lipinski definition) is 2. The summed E-state index contributed by atoms with van der Waals surface area (Å²) < 4.78 is 9.51. The smallest absolute Gasteiger partial charge is 0.316 e. The number of ketones is 1. The van der Waals surface area contributed by atoms with Crippen molar-refractivity contribution in [2.75, 3.05) is 14.2 Å². The van der Waals surface area contributed by atoms with Crippen LogP contribution in [-0.2, 0) is 23.9 Å². The summed E-state index contributed by atoms with van der Waals surface area (Å²) in [5.41, 5.74) is -1.22. The maximum Gasteiger partial charge on any atom is 0.316 e. The van der Waals surface area contributed by atoms with E-state index in [0.29, 0.717) is 5.56 Å². The van der Waals surface area contributed by atoms with Gasteiger partial charge in [-0.1, -0.05) is 12.1 Å². The summed E-state index contributed by atoms with van der Waals surface area (Å²) in [6.07, 6.45) is -0.360. The summed E-state index contributed by atoms with van der Waals surface area (Å²) in [5.74, 6) is -5.33. The molecule has 7 heteroatoms. The van der Waals surface area contributed by atoms with Gasteiger partial charge in [0.15, 0.2) is 5.78 Å². The number of phenols is 1. The molecule has 1 aromatic rings. The molecule has 7 nitrogen and oxygen atoms in total. The van der Waals surface area contributed by atoms with E-state index in [1.807, 2.05) is 0 Å². The summed E-state index contributed by atoms with van der Waals surface area (Å²) in [6, 6.07) is 5.76. The number of methoxy groups -OCH3 is 2. The van der Waals surface area contributed by atoms with Crippen LogP contribution in [0.4, 0.5) is 0 Å². The SMILES string of the molecule is COC(=O)[C@@H]1C(=O)C[C@](C)(O)[C@@H](C(=O)OC)[C@@H]1c1ccc(O)cc1. The zero-order valence-electron chi connectivity index (χ0n) is 13.7. The first-order chi connectivity index (χ1) is 11.2. The van der Waals surface area contributed by atoms with Gasteiger partial charge in [-0.2, -0.15) is 0 Å². The van der Waals surface area contributed by atoms with Crippen LogP contribution in [0.25, 0.3) is 0 Å². The Labute approximate surface area is 139 Å². The van der Waals surface area contributed by atoms with E-state index in [1.165, 1.54) is 38.3 Å². The fourth-order valence-electron chi connectivity index (χ4n) is 3.37. The van der Waals surface area contributed by atoms with Gasteiger partial charge in [0.1, 0.15) is 11.7 Å². The Bertz CT molecular complexity index is 647. The van der Waals surface area contributed by atoms with Gasteiger partial charge in [0.25, 0.3) is 0 Å². The molecule has 0 radical (unpaired) electrons. The van der Waals surface area contributed by atoms with Crippen molar-refractivity contribution in [1.82, 2.24) is 0 Å². The monoisotopic (exact) mass is 336 g/mol. The number of benzene rings is 1. The molecule has 0 aromatic heterocycles. The quantitative estimate of drug-likeness (QED) is 0.620. The van der Waals surface area contributed by atoms with Crippen LogP contribution in [0.1, 0.15) is 24.8 Å². The minimum Gasteiger partial charge on any atom is -0.508 e. The van der Waals surface area contributed by atoms with E-state index in [0.717, 1.165) is 7.11 Å². The van der Waals surface area contributed by atoms with Crippen molar-refractivity contribution in [3.05, 3.63) is 29.8 Å². The maximum atomic E-state index is 12.5. The largest absolute Gasteiger partial charge is 0.508 e. The lowest BCUT2D eigenvalue weighted by Gasteiger charge is -2.43. The number of aliphatic hydroxyl groups is 1. The van der Waals surface area contributed by atoms with Gasteiger partial charge in [-0.25, -0.2) is 0 Å². The van der Waals surface area contributed by atoms with Gasteiger partial charge in [0, 0.05) is 12.3 Å². The predicted molar refractivity (Wildman–Crippen MR) is 82.1 cm³/mol. The minimum atomic E-state index is -1.67. The molecule has 0 bridgehead atoms. The summed E-state index contributed by atoms with van der Waals surface area (Å²) >= 11 is 0. The summed E-state index contributed by atoms with van der Waals surface area (Å²) in [4.78, 5) is 36.9. The molecule has 1 aromatic carbocycles. The molecule has 0 amide bonds. The van der Waals surface area contributed by atoms with E-state index in [-0.39, 0.29) is 12.2 Å². The van der Waals surface area contributed by atoms with Gasteiger partial charge in [-0.05, 0) is 24.6 Å². The molecule has 0 saturated heterocycles. The van der Waals surface area contributed by atoms with Gasteiger partial charge in [0.2, 0.25) is 0 Å². The Kier molecular flexibility index (Phi) is 4.94. The Hall–Kier alpha value is -2.41. The van der Waals surface area contributed by atoms with E-state index in [1.54, 1.807) is 0 Å². The molecule has 1 aliphatic rings. The van der Waals surface area contributed by atoms with Crippen LogP contribution in [0.3, 0.4) is 0 Å². The maximum absolute atomic E-state index is 12.5. The first-order valence-corrected chi connectivity index (χ1v) is 7.42. The van der Waals surface area contributed by atoms with E-state index in [2.05, 4.69) is 0 Å². The lowest BCUT2D eigenvalue weighted by Crippen LogP contribution is -2.55. The highest BCUT2D eigenvalue weighted by Crippen LogP contribution is 2.46. The fourth-order valence-corrected chi connectivity index (χ4v) is 3.37. The molecule has 2 rings (SSSR count). The first-order valence-electron chi connectivity index (χ1n) is 7.42. The standard InChI is InChI=1S/C17H20O7/c1-17(22)8-11(19)13(15(20)23-2)12(14(17)16(21)24-3)9-4-6-10(18)7-5-9/h4-7,12-14,18,22H,8H2,1-3H3/t12-,13-,14-,17+/m1/s1. The molecule has 24 heavy (non-hydrogen) atoms. The highest BCUT2D eigenvalue weighted by atomic mass is 16.5. The third-order valence-corrected chi connectivity index (χ3v) is 4.46. The average Bonchev–Trinajstić information content (AvgIpc) is 2.53.